The van der Waals surface area contributed by atoms with Gasteiger partial charge in [-0.15, -0.1) is 0 Å². The lowest BCUT2D eigenvalue weighted by atomic mass is 10.1. The Kier molecular flexibility index (Phi) is 5.60. The van der Waals surface area contributed by atoms with Crippen molar-refractivity contribution in [2.45, 2.75) is 25.7 Å². The number of carbonyl (C=O) groups excluding carboxylic acids is 1. The number of carboxylic acids is 1. The molecular weight excluding hydrogens is 268 g/mol. The predicted molar refractivity (Wildman–Crippen MR) is 80.1 cm³/mol. The van der Waals surface area contributed by atoms with Crippen molar-refractivity contribution in [3.05, 3.63) is 35.9 Å². The van der Waals surface area contributed by atoms with Crippen LogP contribution in [-0.4, -0.2) is 41.6 Å². The van der Waals surface area contributed by atoms with E-state index in [-0.39, 0.29) is 12.6 Å². The molecule has 1 aliphatic carbocycles. The van der Waals surface area contributed by atoms with E-state index in [0.29, 0.717) is 19.0 Å². The highest BCUT2D eigenvalue weighted by Gasteiger charge is 2.27. The summed E-state index contributed by atoms with van der Waals surface area (Å²) in [6.07, 6.45) is 3.94. The third-order valence-electron chi connectivity index (χ3n) is 3.55. The van der Waals surface area contributed by atoms with E-state index in [0.717, 1.165) is 25.7 Å². The largest absolute Gasteiger partial charge is 0.480 e. The van der Waals surface area contributed by atoms with Crippen molar-refractivity contribution in [3.8, 4) is 0 Å². The van der Waals surface area contributed by atoms with Gasteiger partial charge < -0.3 is 15.3 Å². The molecule has 1 fully saturated rings. The van der Waals surface area contributed by atoms with E-state index in [2.05, 4.69) is 17.4 Å². The molecule has 2 amide bonds. The summed E-state index contributed by atoms with van der Waals surface area (Å²) >= 11 is 0. The predicted octanol–water partition coefficient (Wildman–Crippen LogP) is 2.13. The number of nitrogens with one attached hydrogen (secondary N) is 1. The van der Waals surface area contributed by atoms with Crippen LogP contribution in [0.4, 0.5) is 4.79 Å². The van der Waals surface area contributed by atoms with Crippen LogP contribution in [0.2, 0.25) is 0 Å². The molecule has 0 aromatic heterocycles. The smallest absolute Gasteiger partial charge is 0.323 e. The molecule has 1 aromatic rings. The van der Waals surface area contributed by atoms with Gasteiger partial charge in [0.05, 0.1) is 0 Å². The number of amides is 2. The highest BCUT2D eigenvalue weighted by Crippen LogP contribution is 2.29. The Morgan fingerprint density at radius 1 is 1.24 bits per heavy atom. The third-order valence-corrected chi connectivity index (χ3v) is 3.55. The molecule has 0 aliphatic heterocycles. The molecule has 0 spiro atoms. The first-order valence-electron chi connectivity index (χ1n) is 7.43. The molecule has 114 valence electrons. The van der Waals surface area contributed by atoms with Gasteiger partial charge in [0.25, 0.3) is 0 Å². The van der Waals surface area contributed by atoms with Crippen LogP contribution in [0, 0.1) is 5.92 Å². The zero-order valence-corrected chi connectivity index (χ0v) is 12.1. The number of hydrogen-bond donors (Lipinski definition) is 2. The minimum Gasteiger partial charge on any atom is -0.480 e. The van der Waals surface area contributed by atoms with Gasteiger partial charge in [0, 0.05) is 13.1 Å². The van der Waals surface area contributed by atoms with Gasteiger partial charge in [0.15, 0.2) is 0 Å². The topological polar surface area (TPSA) is 69.6 Å². The number of nitrogens with zero attached hydrogens (tertiary/aromatic N) is 1. The van der Waals surface area contributed by atoms with E-state index >= 15 is 0 Å². The fourth-order valence-electron chi connectivity index (χ4n) is 2.24. The minimum atomic E-state index is -0.963. The maximum Gasteiger partial charge on any atom is 0.323 e. The molecule has 0 bridgehead atoms. The first-order chi connectivity index (χ1) is 10.1. The first-order valence-corrected chi connectivity index (χ1v) is 7.43. The highest BCUT2D eigenvalue weighted by molar-refractivity contribution is 5.80. The van der Waals surface area contributed by atoms with Crippen LogP contribution in [-0.2, 0) is 11.2 Å². The van der Waals surface area contributed by atoms with Gasteiger partial charge in [0.1, 0.15) is 6.54 Å². The van der Waals surface area contributed by atoms with Gasteiger partial charge in [-0.2, -0.15) is 0 Å². The zero-order chi connectivity index (χ0) is 15.1. The van der Waals surface area contributed by atoms with Crippen LogP contribution >= 0.6 is 0 Å². The summed E-state index contributed by atoms with van der Waals surface area (Å²) in [5.74, 6) is -0.477. The van der Waals surface area contributed by atoms with E-state index in [1.807, 2.05) is 18.2 Å². The van der Waals surface area contributed by atoms with E-state index in [4.69, 9.17) is 5.11 Å². The van der Waals surface area contributed by atoms with E-state index in [1.54, 1.807) is 0 Å². The standard InChI is InChI=1S/C16H22N2O3/c19-15(20)12-18(11-14-8-9-14)16(21)17-10-4-7-13-5-2-1-3-6-13/h1-3,5-6,14H,4,7-12H2,(H,17,21)(H,19,20). The molecule has 0 unspecified atom stereocenters. The molecule has 0 atom stereocenters. The van der Waals surface area contributed by atoms with Crippen LogP contribution in [0.15, 0.2) is 30.3 Å². The van der Waals surface area contributed by atoms with Crippen molar-refractivity contribution in [1.29, 1.82) is 0 Å². The Balaban J connectivity index is 1.69. The number of aliphatic carboxylic acids is 1. The van der Waals surface area contributed by atoms with Gasteiger partial charge in [-0.3, -0.25) is 4.79 Å². The summed E-state index contributed by atoms with van der Waals surface area (Å²) < 4.78 is 0. The number of hydrogen-bond acceptors (Lipinski definition) is 2. The number of carbonyl (C=O) groups is 2. The lowest BCUT2D eigenvalue weighted by Crippen LogP contribution is -2.44. The van der Waals surface area contributed by atoms with Crippen molar-refractivity contribution in [2.75, 3.05) is 19.6 Å². The normalized spacial score (nSPS) is 13.7. The summed E-state index contributed by atoms with van der Waals surface area (Å²) in [4.78, 5) is 24.2. The monoisotopic (exact) mass is 290 g/mol. The fraction of sp³-hybridized carbons (Fsp3) is 0.500. The van der Waals surface area contributed by atoms with E-state index in [9.17, 15) is 9.59 Å². The van der Waals surface area contributed by atoms with Crippen molar-refractivity contribution in [1.82, 2.24) is 10.2 Å². The first kappa shape index (κ1) is 15.4. The molecule has 1 aromatic carbocycles. The summed E-state index contributed by atoms with van der Waals surface area (Å²) in [6.45, 7) is 0.895. The second-order valence-electron chi connectivity index (χ2n) is 5.54. The lowest BCUT2D eigenvalue weighted by Gasteiger charge is -2.21. The summed E-state index contributed by atoms with van der Waals surface area (Å²) in [6, 6.07) is 9.83. The van der Waals surface area contributed by atoms with Crippen molar-refractivity contribution >= 4 is 12.0 Å². The molecule has 5 nitrogen and oxygen atoms in total. The van der Waals surface area contributed by atoms with Crippen LogP contribution in [0.5, 0.6) is 0 Å². The van der Waals surface area contributed by atoms with Gasteiger partial charge >= 0.3 is 12.0 Å². The summed E-state index contributed by atoms with van der Waals surface area (Å²) in [5, 5.41) is 11.7. The maximum atomic E-state index is 12.0. The molecule has 2 N–H and O–H groups in total. The summed E-state index contributed by atoms with van der Waals surface area (Å²) in [5.41, 5.74) is 1.24. The number of aryl methyl sites for hydroxylation is 1. The van der Waals surface area contributed by atoms with Crippen LogP contribution < -0.4 is 5.32 Å². The van der Waals surface area contributed by atoms with E-state index < -0.39 is 5.97 Å². The average Bonchev–Trinajstić information content (AvgIpc) is 3.27. The van der Waals surface area contributed by atoms with E-state index in [1.165, 1.54) is 10.5 Å². The SMILES string of the molecule is O=C(O)CN(CC1CC1)C(=O)NCCCc1ccccc1. The Morgan fingerprint density at radius 2 is 1.95 bits per heavy atom. The quantitative estimate of drug-likeness (QED) is 0.721. The van der Waals surface area contributed by atoms with Crippen LogP contribution in [0.25, 0.3) is 0 Å². The number of rotatable bonds is 8. The molecule has 5 heteroatoms. The van der Waals surface area contributed by atoms with Crippen molar-refractivity contribution in [3.63, 3.8) is 0 Å². The summed E-state index contributed by atoms with van der Waals surface area (Å²) in [7, 11) is 0. The van der Waals surface area contributed by atoms with Crippen LogP contribution in [0.3, 0.4) is 0 Å². The highest BCUT2D eigenvalue weighted by atomic mass is 16.4. The molecule has 0 saturated heterocycles. The van der Waals surface area contributed by atoms with Gasteiger partial charge in [-0.1, -0.05) is 30.3 Å². The fourth-order valence-corrected chi connectivity index (χ4v) is 2.24. The third kappa shape index (κ3) is 5.85. The Labute approximate surface area is 125 Å². The molecule has 21 heavy (non-hydrogen) atoms. The number of urea groups is 1. The van der Waals surface area contributed by atoms with Gasteiger partial charge in [0.2, 0.25) is 0 Å². The Hall–Kier alpha value is -2.04. The molecule has 1 aliphatic rings. The Bertz CT molecular complexity index is 472. The zero-order valence-electron chi connectivity index (χ0n) is 12.1. The molecule has 1 saturated carbocycles. The molecule has 0 radical (unpaired) electrons. The van der Waals surface area contributed by atoms with Gasteiger partial charge in [-0.05, 0) is 37.2 Å². The second-order valence-corrected chi connectivity index (χ2v) is 5.54. The molecular formula is C16H22N2O3. The number of carboxylic acid groups (broad SMARTS) is 1. The average molecular weight is 290 g/mol. The lowest BCUT2D eigenvalue weighted by molar-refractivity contribution is -0.137. The Morgan fingerprint density at radius 3 is 2.57 bits per heavy atom. The van der Waals surface area contributed by atoms with Gasteiger partial charge in [-0.25, -0.2) is 4.79 Å². The van der Waals surface area contributed by atoms with Crippen molar-refractivity contribution in [2.24, 2.45) is 5.92 Å². The van der Waals surface area contributed by atoms with Crippen LogP contribution in [0.1, 0.15) is 24.8 Å². The molecule has 2 rings (SSSR count). The minimum absolute atomic E-state index is 0.221. The number of benzene rings is 1. The van der Waals surface area contributed by atoms with Crippen molar-refractivity contribution < 1.29 is 14.7 Å². The molecule has 0 heterocycles. The second kappa shape index (κ2) is 7.67. The maximum absolute atomic E-state index is 12.0.